The Morgan fingerprint density at radius 3 is 2.71 bits per heavy atom. The van der Waals surface area contributed by atoms with E-state index in [0.29, 0.717) is 10.7 Å². The number of halogens is 2. The summed E-state index contributed by atoms with van der Waals surface area (Å²) in [6.45, 7) is 1.95. The van der Waals surface area contributed by atoms with Gasteiger partial charge >= 0.3 is 0 Å². The summed E-state index contributed by atoms with van der Waals surface area (Å²) in [5.41, 5.74) is 2.44. The molecule has 0 aliphatic rings. The largest absolute Gasteiger partial charge is 0.382 e. The van der Waals surface area contributed by atoms with Crippen molar-refractivity contribution in [1.29, 1.82) is 0 Å². The van der Waals surface area contributed by atoms with Gasteiger partial charge in [0.05, 0.1) is 16.9 Å². The lowest BCUT2D eigenvalue weighted by molar-refractivity contribution is 0.209. The molecule has 5 heteroatoms. The number of aliphatic hydroxyl groups is 1. The number of aryl methyl sites for hydroxylation is 2. The van der Waals surface area contributed by atoms with E-state index in [0.717, 1.165) is 15.6 Å². The Labute approximate surface area is 113 Å². The van der Waals surface area contributed by atoms with Gasteiger partial charge < -0.3 is 5.11 Å². The first-order valence-electron chi connectivity index (χ1n) is 5.12. The fourth-order valence-corrected chi connectivity index (χ4v) is 2.57. The van der Waals surface area contributed by atoms with Crippen LogP contribution in [0.1, 0.15) is 22.9 Å². The fourth-order valence-electron chi connectivity index (χ4n) is 1.82. The predicted octanol–water partition coefficient (Wildman–Crippen LogP) is 3.23. The molecule has 0 fully saturated rings. The zero-order valence-electron chi connectivity index (χ0n) is 9.48. The average Bonchev–Trinajstić information content (AvgIpc) is 2.58. The first-order chi connectivity index (χ1) is 8.00. The molecule has 90 valence electrons. The predicted molar refractivity (Wildman–Crippen MR) is 71.2 cm³/mol. The summed E-state index contributed by atoms with van der Waals surface area (Å²) in [6.07, 6.45) is 0.775. The Balaban J connectivity index is 2.47. The quantitative estimate of drug-likeness (QED) is 0.924. The van der Waals surface area contributed by atoms with Gasteiger partial charge in [0.25, 0.3) is 0 Å². The van der Waals surface area contributed by atoms with Crippen molar-refractivity contribution in [2.45, 2.75) is 13.0 Å². The molecule has 0 bridgehead atoms. The Bertz CT molecular complexity index is 534. The molecular weight excluding hydrogens is 304 g/mol. The van der Waals surface area contributed by atoms with Crippen molar-refractivity contribution in [2.75, 3.05) is 0 Å². The van der Waals surface area contributed by atoms with Crippen molar-refractivity contribution < 1.29 is 5.11 Å². The van der Waals surface area contributed by atoms with E-state index in [2.05, 4.69) is 21.0 Å². The zero-order valence-corrected chi connectivity index (χ0v) is 11.8. The molecule has 1 unspecified atom stereocenters. The Hall–Kier alpha value is -0.840. The number of aliphatic hydroxyl groups excluding tert-OH is 1. The van der Waals surface area contributed by atoms with Gasteiger partial charge in [0.1, 0.15) is 6.10 Å². The van der Waals surface area contributed by atoms with Crippen LogP contribution in [0.2, 0.25) is 5.02 Å². The lowest BCUT2D eigenvalue weighted by atomic mass is 10.0. The van der Waals surface area contributed by atoms with E-state index < -0.39 is 6.10 Å². The summed E-state index contributed by atoms with van der Waals surface area (Å²) in [4.78, 5) is 0. The van der Waals surface area contributed by atoms with Gasteiger partial charge in [-0.15, -0.1) is 0 Å². The van der Waals surface area contributed by atoms with Crippen LogP contribution in [0.5, 0.6) is 0 Å². The van der Waals surface area contributed by atoms with E-state index in [1.807, 2.05) is 25.1 Å². The van der Waals surface area contributed by atoms with Crippen LogP contribution < -0.4 is 0 Å². The minimum absolute atomic E-state index is 0.474. The minimum Gasteiger partial charge on any atom is -0.382 e. The molecule has 2 rings (SSSR count). The van der Waals surface area contributed by atoms with Crippen molar-refractivity contribution >= 4 is 27.5 Å². The first-order valence-corrected chi connectivity index (χ1v) is 6.29. The normalized spacial score (nSPS) is 12.8. The summed E-state index contributed by atoms with van der Waals surface area (Å²) in [7, 11) is 1.76. The molecule has 0 radical (unpaired) electrons. The third-order valence-electron chi connectivity index (χ3n) is 2.72. The maximum Gasteiger partial charge on any atom is 0.122 e. The van der Waals surface area contributed by atoms with E-state index in [9.17, 15) is 5.11 Å². The van der Waals surface area contributed by atoms with Gasteiger partial charge in [0.15, 0.2) is 0 Å². The van der Waals surface area contributed by atoms with E-state index in [1.54, 1.807) is 11.7 Å². The van der Waals surface area contributed by atoms with E-state index in [4.69, 9.17) is 11.6 Å². The second-order valence-electron chi connectivity index (χ2n) is 3.90. The number of benzene rings is 1. The number of nitrogens with zero attached hydrogens (tertiary/aromatic N) is 2. The van der Waals surface area contributed by atoms with Crippen LogP contribution in [0.15, 0.2) is 28.9 Å². The van der Waals surface area contributed by atoms with Crippen LogP contribution in [0.4, 0.5) is 0 Å². The second-order valence-corrected chi connectivity index (χ2v) is 5.23. The topological polar surface area (TPSA) is 38.1 Å². The summed E-state index contributed by atoms with van der Waals surface area (Å²) >= 11 is 9.42. The van der Waals surface area contributed by atoms with Crippen molar-refractivity contribution in [3.63, 3.8) is 0 Å². The van der Waals surface area contributed by atoms with Crippen molar-refractivity contribution in [3.8, 4) is 0 Å². The summed E-state index contributed by atoms with van der Waals surface area (Å²) in [5.74, 6) is 0. The smallest absolute Gasteiger partial charge is 0.122 e. The maximum atomic E-state index is 10.4. The molecule has 3 nitrogen and oxygen atoms in total. The molecular formula is C12H12BrClN2O. The molecule has 1 aromatic heterocycles. The van der Waals surface area contributed by atoms with Gasteiger partial charge in [-0.25, -0.2) is 0 Å². The van der Waals surface area contributed by atoms with Crippen LogP contribution in [-0.4, -0.2) is 14.9 Å². The van der Waals surface area contributed by atoms with Gasteiger partial charge in [0.2, 0.25) is 0 Å². The number of aromatic nitrogens is 2. The molecule has 0 spiro atoms. The number of hydrogen-bond donors (Lipinski definition) is 1. The van der Waals surface area contributed by atoms with Gasteiger partial charge in [-0.3, -0.25) is 4.68 Å². The lowest BCUT2D eigenvalue weighted by Crippen LogP contribution is -2.08. The summed E-state index contributed by atoms with van der Waals surface area (Å²) in [5, 5.41) is 14.9. The van der Waals surface area contributed by atoms with E-state index >= 15 is 0 Å². The molecule has 2 aromatic rings. The lowest BCUT2D eigenvalue weighted by Gasteiger charge is -2.15. The monoisotopic (exact) mass is 314 g/mol. The standard InChI is InChI=1S/C12H12BrClN2O/c1-7-5-8(13)3-4-9(7)12(17)11-10(14)6-15-16(11)2/h3-6,12,17H,1-2H3. The summed E-state index contributed by atoms with van der Waals surface area (Å²) < 4.78 is 2.58. The molecule has 1 atom stereocenters. The highest BCUT2D eigenvalue weighted by Gasteiger charge is 2.19. The SMILES string of the molecule is Cc1cc(Br)ccc1C(O)c1c(Cl)cnn1C. The van der Waals surface area contributed by atoms with Crippen LogP contribution >= 0.6 is 27.5 Å². The van der Waals surface area contributed by atoms with Crippen molar-refractivity contribution in [1.82, 2.24) is 9.78 Å². The number of rotatable bonds is 2. The second kappa shape index (κ2) is 4.80. The zero-order chi connectivity index (χ0) is 12.6. The minimum atomic E-state index is -0.761. The van der Waals surface area contributed by atoms with Gasteiger partial charge in [0, 0.05) is 11.5 Å². The molecule has 0 aliphatic heterocycles. The molecule has 1 N–H and O–H groups in total. The van der Waals surface area contributed by atoms with Gasteiger partial charge in [-0.05, 0) is 30.2 Å². The fraction of sp³-hybridized carbons (Fsp3) is 0.250. The summed E-state index contributed by atoms with van der Waals surface area (Å²) in [6, 6.07) is 5.74. The van der Waals surface area contributed by atoms with Crippen LogP contribution in [0.25, 0.3) is 0 Å². The van der Waals surface area contributed by atoms with E-state index in [-0.39, 0.29) is 0 Å². The van der Waals surface area contributed by atoms with Gasteiger partial charge in [-0.2, -0.15) is 5.10 Å². The molecule has 17 heavy (non-hydrogen) atoms. The molecule has 1 heterocycles. The van der Waals surface area contributed by atoms with E-state index in [1.165, 1.54) is 6.20 Å². The molecule has 0 saturated heterocycles. The molecule has 0 amide bonds. The van der Waals surface area contributed by atoms with Crippen LogP contribution in [-0.2, 0) is 7.05 Å². The maximum absolute atomic E-state index is 10.4. The highest BCUT2D eigenvalue weighted by Crippen LogP contribution is 2.30. The molecule has 0 aliphatic carbocycles. The Morgan fingerprint density at radius 1 is 1.47 bits per heavy atom. The number of hydrogen-bond acceptors (Lipinski definition) is 2. The highest BCUT2D eigenvalue weighted by atomic mass is 79.9. The Morgan fingerprint density at radius 2 is 2.18 bits per heavy atom. The van der Waals surface area contributed by atoms with Crippen LogP contribution in [0.3, 0.4) is 0 Å². The van der Waals surface area contributed by atoms with Gasteiger partial charge in [-0.1, -0.05) is 33.6 Å². The van der Waals surface area contributed by atoms with Crippen molar-refractivity contribution in [2.24, 2.45) is 7.05 Å². The van der Waals surface area contributed by atoms with Crippen LogP contribution in [0, 0.1) is 6.92 Å². The first kappa shape index (κ1) is 12.6. The van der Waals surface area contributed by atoms with Crippen molar-refractivity contribution in [3.05, 3.63) is 50.7 Å². The molecule has 1 aromatic carbocycles. The molecule has 0 saturated carbocycles. The Kier molecular flexibility index (Phi) is 3.56. The third kappa shape index (κ3) is 2.39. The average molecular weight is 316 g/mol. The highest BCUT2D eigenvalue weighted by molar-refractivity contribution is 9.10. The third-order valence-corrected chi connectivity index (χ3v) is 3.51.